The first-order chi connectivity index (χ1) is 12.1. The number of amides is 2. The van der Waals surface area contributed by atoms with Crippen molar-refractivity contribution in [1.29, 1.82) is 5.26 Å². The number of hydrazine groups is 1. The van der Waals surface area contributed by atoms with Crippen molar-refractivity contribution in [2.24, 2.45) is 0 Å². The molecule has 2 amide bonds. The first kappa shape index (κ1) is 18.0. The Labute approximate surface area is 146 Å². The number of carbonyl (C=O) groups is 2. The summed E-state index contributed by atoms with van der Waals surface area (Å²) in [5.41, 5.74) is 7.23. The maximum atomic E-state index is 11.7. The second kappa shape index (κ2) is 9.08. The number of benzene rings is 2. The van der Waals surface area contributed by atoms with Crippen molar-refractivity contribution in [2.75, 3.05) is 6.61 Å². The molecule has 0 saturated heterocycles. The summed E-state index contributed by atoms with van der Waals surface area (Å²) < 4.78 is 5.34. The molecule has 0 aliphatic heterocycles. The van der Waals surface area contributed by atoms with Gasteiger partial charge in [-0.1, -0.05) is 24.3 Å². The molecule has 0 saturated carbocycles. The number of hydrogen-bond acceptors (Lipinski definition) is 4. The molecule has 6 nitrogen and oxygen atoms in total. The van der Waals surface area contributed by atoms with E-state index in [4.69, 9.17) is 10.00 Å². The topological polar surface area (TPSA) is 91.2 Å². The lowest BCUT2D eigenvalue weighted by Gasteiger charge is -2.09. The van der Waals surface area contributed by atoms with Crippen molar-refractivity contribution in [3.63, 3.8) is 0 Å². The minimum Gasteiger partial charge on any atom is -0.484 e. The van der Waals surface area contributed by atoms with Crippen LogP contribution in [0.2, 0.25) is 0 Å². The van der Waals surface area contributed by atoms with E-state index in [-0.39, 0.29) is 18.9 Å². The molecule has 0 aliphatic carbocycles. The summed E-state index contributed by atoms with van der Waals surface area (Å²) in [5, 5.41) is 8.73. The minimum atomic E-state index is -0.437. The molecule has 0 spiro atoms. The number of nitrogens with one attached hydrogen (secondary N) is 2. The van der Waals surface area contributed by atoms with Crippen molar-refractivity contribution < 1.29 is 14.3 Å². The lowest BCUT2D eigenvalue weighted by Crippen LogP contribution is -2.43. The molecule has 2 aromatic rings. The van der Waals surface area contributed by atoms with Crippen LogP contribution in [0.25, 0.3) is 0 Å². The Kier molecular flexibility index (Phi) is 6.55. The van der Waals surface area contributed by atoms with Gasteiger partial charge in [0.1, 0.15) is 5.75 Å². The lowest BCUT2D eigenvalue weighted by atomic mass is 10.1. The fourth-order valence-corrected chi connectivity index (χ4v) is 2.10. The standard InChI is InChI=1S/C19H19N3O3/c1-14-3-2-4-17(11-14)25-13-19(24)22-21-18(23)10-9-15-5-7-16(12-20)8-6-15/h2-8,11H,9-10,13H2,1H3,(H,21,23)(H,22,24). The highest BCUT2D eigenvalue weighted by molar-refractivity contribution is 5.82. The van der Waals surface area contributed by atoms with E-state index in [1.807, 2.05) is 31.2 Å². The quantitative estimate of drug-likeness (QED) is 0.789. The highest BCUT2D eigenvalue weighted by atomic mass is 16.5. The number of nitrogens with zero attached hydrogens (tertiary/aromatic N) is 1. The SMILES string of the molecule is Cc1cccc(OCC(=O)NNC(=O)CCc2ccc(C#N)cc2)c1. The summed E-state index contributed by atoms with van der Waals surface area (Å²) >= 11 is 0. The predicted octanol–water partition coefficient (Wildman–Crippen LogP) is 2.03. The van der Waals surface area contributed by atoms with Gasteiger partial charge in [0.05, 0.1) is 11.6 Å². The largest absolute Gasteiger partial charge is 0.484 e. The number of carbonyl (C=O) groups excluding carboxylic acids is 2. The summed E-state index contributed by atoms with van der Waals surface area (Å²) in [7, 11) is 0. The van der Waals surface area contributed by atoms with Gasteiger partial charge < -0.3 is 4.74 Å². The molecule has 2 N–H and O–H groups in total. The Hall–Kier alpha value is -3.33. The van der Waals surface area contributed by atoms with E-state index in [2.05, 4.69) is 10.9 Å². The minimum absolute atomic E-state index is 0.181. The van der Waals surface area contributed by atoms with Crippen LogP contribution in [0.1, 0.15) is 23.1 Å². The van der Waals surface area contributed by atoms with Gasteiger partial charge in [0.25, 0.3) is 5.91 Å². The second-order valence-corrected chi connectivity index (χ2v) is 5.51. The van der Waals surface area contributed by atoms with E-state index in [1.165, 1.54) is 0 Å². The summed E-state index contributed by atoms with van der Waals surface area (Å²) in [6.07, 6.45) is 0.748. The fourth-order valence-electron chi connectivity index (χ4n) is 2.10. The molecule has 6 heteroatoms. The Bertz CT molecular complexity index is 779. The molecule has 0 aromatic heterocycles. The van der Waals surface area contributed by atoms with Crippen LogP contribution in [0.4, 0.5) is 0 Å². The first-order valence-electron chi connectivity index (χ1n) is 7.83. The Morgan fingerprint density at radius 2 is 1.80 bits per heavy atom. The molecule has 128 valence electrons. The van der Waals surface area contributed by atoms with E-state index in [1.54, 1.807) is 30.3 Å². The maximum absolute atomic E-state index is 11.7. The zero-order valence-electron chi connectivity index (χ0n) is 13.9. The van der Waals surface area contributed by atoms with Gasteiger partial charge in [-0.2, -0.15) is 5.26 Å². The summed E-state index contributed by atoms with van der Waals surface area (Å²) in [5.74, 6) is -0.135. The predicted molar refractivity (Wildman–Crippen MR) is 92.4 cm³/mol. The number of hydrogen-bond donors (Lipinski definition) is 2. The van der Waals surface area contributed by atoms with E-state index in [0.717, 1.165) is 11.1 Å². The van der Waals surface area contributed by atoms with Crippen LogP contribution in [0.3, 0.4) is 0 Å². The second-order valence-electron chi connectivity index (χ2n) is 5.51. The van der Waals surface area contributed by atoms with Gasteiger partial charge in [0, 0.05) is 6.42 Å². The molecule has 0 bridgehead atoms. The molecule has 0 heterocycles. The number of ether oxygens (including phenoxy) is 1. The average Bonchev–Trinajstić information content (AvgIpc) is 2.63. The van der Waals surface area contributed by atoms with Crippen LogP contribution < -0.4 is 15.6 Å². The van der Waals surface area contributed by atoms with Crippen molar-refractivity contribution in [3.8, 4) is 11.8 Å². The van der Waals surface area contributed by atoms with E-state index in [9.17, 15) is 9.59 Å². The Morgan fingerprint density at radius 3 is 2.48 bits per heavy atom. The molecule has 0 atom stereocenters. The summed E-state index contributed by atoms with van der Waals surface area (Å²) in [4.78, 5) is 23.4. The molecule has 0 radical (unpaired) electrons. The van der Waals surface area contributed by atoms with E-state index in [0.29, 0.717) is 17.7 Å². The maximum Gasteiger partial charge on any atom is 0.276 e. The van der Waals surface area contributed by atoms with E-state index < -0.39 is 5.91 Å². The van der Waals surface area contributed by atoms with Crippen molar-refractivity contribution >= 4 is 11.8 Å². The van der Waals surface area contributed by atoms with Gasteiger partial charge in [0.15, 0.2) is 6.61 Å². The van der Waals surface area contributed by atoms with Crippen LogP contribution in [0.15, 0.2) is 48.5 Å². The van der Waals surface area contributed by atoms with Gasteiger partial charge >= 0.3 is 0 Å². The van der Waals surface area contributed by atoms with Crippen LogP contribution in [0, 0.1) is 18.3 Å². The van der Waals surface area contributed by atoms with Gasteiger partial charge in [-0.25, -0.2) is 0 Å². The van der Waals surface area contributed by atoms with Gasteiger partial charge in [-0.3, -0.25) is 20.4 Å². The third-order valence-electron chi connectivity index (χ3n) is 3.42. The zero-order valence-corrected chi connectivity index (χ0v) is 13.9. The molecule has 0 aliphatic rings. The Morgan fingerprint density at radius 1 is 1.08 bits per heavy atom. The third kappa shape index (κ3) is 6.36. The number of rotatable bonds is 6. The molecular formula is C19H19N3O3. The van der Waals surface area contributed by atoms with Crippen molar-refractivity contribution in [2.45, 2.75) is 19.8 Å². The molecular weight excluding hydrogens is 318 g/mol. The molecule has 2 rings (SSSR count). The molecule has 0 fully saturated rings. The van der Waals surface area contributed by atoms with E-state index >= 15 is 0 Å². The zero-order chi connectivity index (χ0) is 18.1. The van der Waals surface area contributed by atoms with Crippen molar-refractivity contribution in [1.82, 2.24) is 10.9 Å². The summed E-state index contributed by atoms with van der Waals surface area (Å²) in [6.45, 7) is 1.75. The molecule has 2 aromatic carbocycles. The van der Waals surface area contributed by atoms with Crippen LogP contribution >= 0.6 is 0 Å². The summed E-state index contributed by atoms with van der Waals surface area (Å²) in [6, 6.07) is 16.4. The normalized spacial score (nSPS) is 9.76. The average molecular weight is 337 g/mol. The first-order valence-corrected chi connectivity index (χ1v) is 7.83. The monoisotopic (exact) mass is 337 g/mol. The lowest BCUT2D eigenvalue weighted by molar-refractivity contribution is -0.130. The highest BCUT2D eigenvalue weighted by Crippen LogP contribution is 2.11. The Balaban J connectivity index is 1.66. The third-order valence-corrected chi connectivity index (χ3v) is 3.42. The molecule has 25 heavy (non-hydrogen) atoms. The van der Waals surface area contributed by atoms with Gasteiger partial charge in [0.2, 0.25) is 5.91 Å². The number of nitriles is 1. The van der Waals surface area contributed by atoms with Crippen LogP contribution in [-0.4, -0.2) is 18.4 Å². The highest BCUT2D eigenvalue weighted by Gasteiger charge is 2.06. The van der Waals surface area contributed by atoms with Crippen LogP contribution in [-0.2, 0) is 16.0 Å². The van der Waals surface area contributed by atoms with Gasteiger partial charge in [-0.05, 0) is 48.7 Å². The van der Waals surface area contributed by atoms with Crippen molar-refractivity contribution in [3.05, 3.63) is 65.2 Å². The van der Waals surface area contributed by atoms with Gasteiger partial charge in [-0.15, -0.1) is 0 Å². The molecule has 0 unspecified atom stereocenters. The van der Waals surface area contributed by atoms with Crippen LogP contribution in [0.5, 0.6) is 5.75 Å². The fraction of sp³-hybridized carbons (Fsp3) is 0.211. The smallest absolute Gasteiger partial charge is 0.276 e. The number of aryl methyl sites for hydroxylation is 2.